The standard InChI is InChI=1S/C16H21N3/c1-13-10-15(5-4-14(13)11-17)19-9-6-16(12-19)18-7-2-3-8-18/h4-5,10,16H,2-3,6-9,12H2,1H3. The van der Waals surface area contributed by atoms with Gasteiger partial charge in [-0.25, -0.2) is 0 Å². The quantitative estimate of drug-likeness (QED) is 0.813. The fourth-order valence-corrected chi connectivity index (χ4v) is 3.35. The molecule has 1 unspecified atom stereocenters. The monoisotopic (exact) mass is 255 g/mol. The maximum absolute atomic E-state index is 8.99. The molecule has 0 aromatic heterocycles. The van der Waals surface area contributed by atoms with E-state index in [9.17, 15) is 0 Å². The average molecular weight is 255 g/mol. The molecular weight excluding hydrogens is 234 g/mol. The fraction of sp³-hybridized carbons (Fsp3) is 0.562. The Labute approximate surface area is 115 Å². The molecule has 2 fully saturated rings. The van der Waals surface area contributed by atoms with Crippen molar-refractivity contribution < 1.29 is 0 Å². The lowest BCUT2D eigenvalue weighted by Gasteiger charge is -2.24. The molecule has 2 aliphatic heterocycles. The molecule has 3 rings (SSSR count). The van der Waals surface area contributed by atoms with Gasteiger partial charge in [0.2, 0.25) is 0 Å². The van der Waals surface area contributed by atoms with Gasteiger partial charge in [-0.1, -0.05) is 0 Å². The minimum atomic E-state index is 0.735. The SMILES string of the molecule is Cc1cc(N2CCC(N3CCCC3)C2)ccc1C#N. The van der Waals surface area contributed by atoms with Gasteiger partial charge in [0.05, 0.1) is 11.6 Å². The van der Waals surface area contributed by atoms with Gasteiger partial charge in [-0.2, -0.15) is 5.26 Å². The molecule has 100 valence electrons. The Morgan fingerprint density at radius 2 is 2.00 bits per heavy atom. The summed E-state index contributed by atoms with van der Waals surface area (Å²) < 4.78 is 0. The molecule has 1 aromatic rings. The lowest BCUT2D eigenvalue weighted by molar-refractivity contribution is 0.260. The molecule has 0 bridgehead atoms. The van der Waals surface area contributed by atoms with Crippen molar-refractivity contribution in [3.63, 3.8) is 0 Å². The van der Waals surface area contributed by atoms with Crippen molar-refractivity contribution in [2.75, 3.05) is 31.1 Å². The summed E-state index contributed by atoms with van der Waals surface area (Å²) in [7, 11) is 0. The summed E-state index contributed by atoms with van der Waals surface area (Å²) in [6.45, 7) is 6.88. The van der Waals surface area contributed by atoms with Crippen LogP contribution in [0.2, 0.25) is 0 Å². The zero-order chi connectivity index (χ0) is 13.2. The Hall–Kier alpha value is -1.53. The first-order valence-corrected chi connectivity index (χ1v) is 7.27. The van der Waals surface area contributed by atoms with Crippen LogP contribution in [0.3, 0.4) is 0 Å². The topological polar surface area (TPSA) is 30.3 Å². The summed E-state index contributed by atoms with van der Waals surface area (Å²) >= 11 is 0. The molecule has 0 amide bonds. The number of hydrogen-bond donors (Lipinski definition) is 0. The third kappa shape index (κ3) is 2.46. The van der Waals surface area contributed by atoms with Gasteiger partial charge in [0.15, 0.2) is 0 Å². The first-order valence-electron chi connectivity index (χ1n) is 7.27. The zero-order valence-corrected chi connectivity index (χ0v) is 11.6. The maximum Gasteiger partial charge on any atom is 0.0994 e. The number of anilines is 1. The Balaban J connectivity index is 1.70. The number of aryl methyl sites for hydroxylation is 1. The van der Waals surface area contributed by atoms with Crippen LogP contribution in [0.25, 0.3) is 0 Å². The number of likely N-dealkylation sites (tertiary alicyclic amines) is 1. The lowest BCUT2D eigenvalue weighted by atomic mass is 10.1. The first kappa shape index (κ1) is 12.5. The second-order valence-corrected chi connectivity index (χ2v) is 5.74. The van der Waals surface area contributed by atoms with Gasteiger partial charge < -0.3 is 4.90 Å². The molecule has 19 heavy (non-hydrogen) atoms. The predicted molar refractivity (Wildman–Crippen MR) is 77.3 cm³/mol. The van der Waals surface area contributed by atoms with E-state index in [0.29, 0.717) is 0 Å². The van der Waals surface area contributed by atoms with Crippen LogP contribution in [0.15, 0.2) is 18.2 Å². The highest BCUT2D eigenvalue weighted by Gasteiger charge is 2.29. The van der Waals surface area contributed by atoms with Crippen LogP contribution < -0.4 is 4.90 Å². The van der Waals surface area contributed by atoms with Crippen molar-refractivity contribution in [2.45, 2.75) is 32.2 Å². The Morgan fingerprint density at radius 1 is 1.21 bits per heavy atom. The Kier molecular flexibility index (Phi) is 3.44. The molecule has 0 spiro atoms. The van der Waals surface area contributed by atoms with Crippen LogP contribution in [0.5, 0.6) is 0 Å². The predicted octanol–water partition coefficient (Wildman–Crippen LogP) is 2.54. The molecule has 1 aromatic carbocycles. The van der Waals surface area contributed by atoms with Crippen LogP contribution >= 0.6 is 0 Å². The van der Waals surface area contributed by atoms with E-state index in [-0.39, 0.29) is 0 Å². The van der Waals surface area contributed by atoms with E-state index in [1.54, 1.807) is 0 Å². The fourth-order valence-electron chi connectivity index (χ4n) is 3.35. The van der Waals surface area contributed by atoms with Gasteiger partial charge in [-0.3, -0.25) is 4.90 Å². The number of hydrogen-bond acceptors (Lipinski definition) is 3. The molecule has 1 atom stereocenters. The Bertz CT molecular complexity index is 497. The molecule has 0 radical (unpaired) electrons. The number of benzene rings is 1. The maximum atomic E-state index is 8.99. The van der Waals surface area contributed by atoms with E-state index in [1.165, 1.54) is 38.0 Å². The Morgan fingerprint density at radius 3 is 2.68 bits per heavy atom. The summed E-state index contributed by atoms with van der Waals surface area (Å²) in [4.78, 5) is 5.12. The van der Waals surface area contributed by atoms with Crippen LogP contribution in [0, 0.1) is 18.3 Å². The van der Waals surface area contributed by atoms with Gasteiger partial charge in [0.25, 0.3) is 0 Å². The second kappa shape index (κ2) is 5.22. The van der Waals surface area contributed by atoms with Crippen molar-refractivity contribution in [3.05, 3.63) is 29.3 Å². The van der Waals surface area contributed by atoms with Crippen molar-refractivity contribution in [1.82, 2.24) is 4.90 Å². The third-order valence-electron chi connectivity index (χ3n) is 4.52. The van der Waals surface area contributed by atoms with Gasteiger partial charge in [-0.05, 0) is 63.0 Å². The highest BCUT2D eigenvalue weighted by atomic mass is 15.3. The molecular formula is C16H21N3. The minimum absolute atomic E-state index is 0.735. The molecule has 3 nitrogen and oxygen atoms in total. The van der Waals surface area contributed by atoms with Crippen molar-refractivity contribution in [2.24, 2.45) is 0 Å². The molecule has 2 saturated heterocycles. The summed E-state index contributed by atoms with van der Waals surface area (Å²) in [5.41, 5.74) is 3.15. The van der Waals surface area contributed by atoms with Crippen molar-refractivity contribution >= 4 is 5.69 Å². The minimum Gasteiger partial charge on any atom is -0.370 e. The zero-order valence-electron chi connectivity index (χ0n) is 11.6. The second-order valence-electron chi connectivity index (χ2n) is 5.74. The van der Waals surface area contributed by atoms with Crippen molar-refractivity contribution in [1.29, 1.82) is 5.26 Å². The van der Waals surface area contributed by atoms with Crippen molar-refractivity contribution in [3.8, 4) is 6.07 Å². The number of nitrogens with zero attached hydrogens (tertiary/aromatic N) is 3. The molecule has 2 heterocycles. The van der Waals surface area contributed by atoms with Gasteiger partial charge >= 0.3 is 0 Å². The molecule has 0 aliphatic carbocycles. The molecule has 3 heteroatoms. The summed E-state index contributed by atoms with van der Waals surface area (Å²) in [6.07, 6.45) is 4.01. The average Bonchev–Trinajstić information content (AvgIpc) is 3.09. The van der Waals surface area contributed by atoms with E-state index in [4.69, 9.17) is 5.26 Å². The highest BCUT2D eigenvalue weighted by molar-refractivity contribution is 5.54. The third-order valence-corrected chi connectivity index (χ3v) is 4.52. The van der Waals surface area contributed by atoms with E-state index in [0.717, 1.165) is 30.3 Å². The van der Waals surface area contributed by atoms with E-state index in [2.05, 4.69) is 28.0 Å². The molecule has 2 aliphatic rings. The summed E-state index contributed by atoms with van der Waals surface area (Å²) in [5, 5.41) is 8.99. The van der Waals surface area contributed by atoms with Gasteiger partial charge in [0.1, 0.15) is 0 Å². The summed E-state index contributed by atoms with van der Waals surface area (Å²) in [5.74, 6) is 0. The normalized spacial score (nSPS) is 23.8. The van der Waals surface area contributed by atoms with Crippen LogP contribution in [0.1, 0.15) is 30.4 Å². The molecule has 0 N–H and O–H groups in total. The summed E-state index contributed by atoms with van der Waals surface area (Å²) in [6, 6.07) is 9.18. The molecule has 0 saturated carbocycles. The van der Waals surface area contributed by atoms with Crippen LogP contribution in [-0.4, -0.2) is 37.1 Å². The highest BCUT2D eigenvalue weighted by Crippen LogP contribution is 2.26. The number of nitriles is 1. The van der Waals surface area contributed by atoms with Gasteiger partial charge in [-0.15, -0.1) is 0 Å². The van der Waals surface area contributed by atoms with E-state index >= 15 is 0 Å². The van der Waals surface area contributed by atoms with Crippen LogP contribution in [0.4, 0.5) is 5.69 Å². The largest absolute Gasteiger partial charge is 0.370 e. The van der Waals surface area contributed by atoms with E-state index in [1.807, 2.05) is 13.0 Å². The smallest absolute Gasteiger partial charge is 0.0994 e. The number of rotatable bonds is 2. The van der Waals surface area contributed by atoms with Crippen LogP contribution in [-0.2, 0) is 0 Å². The lowest BCUT2D eigenvalue weighted by Crippen LogP contribution is -2.35. The first-order chi connectivity index (χ1) is 9.28. The van der Waals surface area contributed by atoms with Gasteiger partial charge in [0, 0.05) is 24.8 Å². The van der Waals surface area contributed by atoms with E-state index < -0.39 is 0 Å².